The fraction of sp³-hybridized carbons (Fsp3) is 0.222. The van der Waals surface area contributed by atoms with Gasteiger partial charge < -0.3 is 20.0 Å². The van der Waals surface area contributed by atoms with E-state index in [1.165, 1.54) is 0 Å². The summed E-state index contributed by atoms with van der Waals surface area (Å²) in [5, 5.41) is 3.93. The number of methoxy groups -OCH3 is 1. The van der Waals surface area contributed by atoms with Crippen LogP contribution in [-0.4, -0.2) is 25.3 Å². The monoisotopic (exact) mass is 362 g/mol. The summed E-state index contributed by atoms with van der Waals surface area (Å²) in [6, 6.07) is 9.38. The highest BCUT2D eigenvalue weighted by atomic mass is 19.1. The van der Waals surface area contributed by atoms with E-state index in [1.54, 1.807) is 7.11 Å². The largest absolute Gasteiger partial charge is 0.497 e. The predicted molar refractivity (Wildman–Crippen MR) is 89.2 cm³/mol. The number of rotatable bonds is 6. The molecule has 3 rings (SSSR count). The number of amides is 1. The highest BCUT2D eigenvalue weighted by molar-refractivity contribution is 5.94. The first kappa shape index (κ1) is 17.7. The van der Waals surface area contributed by atoms with Crippen LogP contribution in [0.15, 0.2) is 41.6 Å². The number of nitrogens with two attached hydrogens (primary N) is 1. The summed E-state index contributed by atoms with van der Waals surface area (Å²) < 4.78 is 38.1. The minimum Gasteiger partial charge on any atom is -0.497 e. The summed E-state index contributed by atoms with van der Waals surface area (Å²) in [5.74, 6) is -2.97. The van der Waals surface area contributed by atoms with Crippen molar-refractivity contribution in [2.45, 2.75) is 12.5 Å². The van der Waals surface area contributed by atoms with Crippen molar-refractivity contribution in [3.63, 3.8) is 0 Å². The Morgan fingerprint density at radius 3 is 2.88 bits per heavy atom. The molecule has 0 bridgehead atoms. The third-order valence-corrected chi connectivity index (χ3v) is 3.89. The van der Waals surface area contributed by atoms with Crippen LogP contribution in [-0.2, 0) is 4.84 Å². The Morgan fingerprint density at radius 2 is 2.15 bits per heavy atom. The van der Waals surface area contributed by atoms with Gasteiger partial charge in [-0.25, -0.2) is 8.78 Å². The summed E-state index contributed by atoms with van der Waals surface area (Å²) in [4.78, 5) is 16.5. The molecule has 8 heteroatoms. The smallest absolute Gasteiger partial charge is 0.254 e. The highest BCUT2D eigenvalue weighted by Gasteiger charge is 2.25. The SMILES string of the molecule is COc1cccc(C2CC(COc3ccc(F)c(C(N)=O)c3F)=NO2)c1. The molecule has 2 aromatic carbocycles. The van der Waals surface area contributed by atoms with Crippen molar-refractivity contribution >= 4 is 11.6 Å². The van der Waals surface area contributed by atoms with Crippen molar-refractivity contribution in [1.82, 2.24) is 0 Å². The molecule has 0 saturated heterocycles. The van der Waals surface area contributed by atoms with Crippen LogP contribution in [0.3, 0.4) is 0 Å². The standard InChI is InChI=1S/C18H16F2N2O4/c1-24-12-4-2-3-10(7-12)15-8-11(22-26-15)9-25-14-6-5-13(19)16(17(14)20)18(21)23/h2-7,15H,8-9H2,1H3,(H2,21,23). The number of benzene rings is 2. The molecule has 1 aliphatic rings. The molecule has 0 saturated carbocycles. The maximum absolute atomic E-state index is 14.1. The first-order valence-corrected chi connectivity index (χ1v) is 7.75. The fourth-order valence-electron chi connectivity index (χ4n) is 2.56. The van der Waals surface area contributed by atoms with Crippen LogP contribution in [0.1, 0.15) is 28.4 Å². The Balaban J connectivity index is 1.65. The Hall–Kier alpha value is -3.16. The molecule has 0 aliphatic carbocycles. The van der Waals surface area contributed by atoms with Gasteiger partial charge in [-0.3, -0.25) is 4.79 Å². The van der Waals surface area contributed by atoms with E-state index in [9.17, 15) is 13.6 Å². The molecule has 6 nitrogen and oxygen atoms in total. The minimum atomic E-state index is -1.20. The summed E-state index contributed by atoms with van der Waals surface area (Å²) >= 11 is 0. The van der Waals surface area contributed by atoms with E-state index in [2.05, 4.69) is 5.16 Å². The Bertz CT molecular complexity index is 870. The molecule has 1 aliphatic heterocycles. The second kappa shape index (κ2) is 7.38. The number of hydrogen-bond acceptors (Lipinski definition) is 5. The Kier molecular flexibility index (Phi) is 5.01. The number of ether oxygens (including phenoxy) is 2. The second-order valence-corrected chi connectivity index (χ2v) is 5.62. The van der Waals surface area contributed by atoms with E-state index in [4.69, 9.17) is 20.0 Å². The molecule has 1 heterocycles. The zero-order valence-corrected chi connectivity index (χ0v) is 13.9. The van der Waals surface area contributed by atoms with Crippen molar-refractivity contribution in [3.05, 3.63) is 59.2 Å². The predicted octanol–water partition coefficient (Wildman–Crippen LogP) is 2.97. The van der Waals surface area contributed by atoms with E-state index in [0.717, 1.165) is 17.7 Å². The number of primary amides is 1. The number of halogens is 2. The van der Waals surface area contributed by atoms with Crippen LogP contribution < -0.4 is 15.2 Å². The van der Waals surface area contributed by atoms with Crippen LogP contribution in [0, 0.1) is 11.6 Å². The first-order chi connectivity index (χ1) is 12.5. The van der Waals surface area contributed by atoms with Gasteiger partial charge in [-0.2, -0.15) is 0 Å². The van der Waals surface area contributed by atoms with Gasteiger partial charge in [0.1, 0.15) is 23.7 Å². The summed E-state index contributed by atoms with van der Waals surface area (Å²) in [5.41, 5.74) is 5.57. The number of nitrogens with zero attached hydrogens (tertiary/aromatic N) is 1. The van der Waals surface area contributed by atoms with Crippen molar-refractivity contribution in [2.75, 3.05) is 13.7 Å². The molecule has 1 amide bonds. The zero-order chi connectivity index (χ0) is 18.7. The van der Waals surface area contributed by atoms with Gasteiger partial charge in [0.05, 0.1) is 12.8 Å². The van der Waals surface area contributed by atoms with Gasteiger partial charge in [-0.05, 0) is 29.8 Å². The van der Waals surface area contributed by atoms with Crippen molar-refractivity contribution in [1.29, 1.82) is 0 Å². The van der Waals surface area contributed by atoms with Gasteiger partial charge in [-0.15, -0.1) is 0 Å². The van der Waals surface area contributed by atoms with Crippen LogP contribution in [0.2, 0.25) is 0 Å². The van der Waals surface area contributed by atoms with E-state index >= 15 is 0 Å². The topological polar surface area (TPSA) is 83.1 Å². The quantitative estimate of drug-likeness (QED) is 0.856. The van der Waals surface area contributed by atoms with Crippen molar-refractivity contribution < 1.29 is 27.9 Å². The third kappa shape index (κ3) is 3.58. The van der Waals surface area contributed by atoms with Crippen LogP contribution >= 0.6 is 0 Å². The normalized spacial score (nSPS) is 16.0. The number of carbonyl (C=O) groups is 1. The molecular formula is C18H16F2N2O4. The zero-order valence-electron chi connectivity index (χ0n) is 13.9. The van der Waals surface area contributed by atoms with Gasteiger partial charge in [0.2, 0.25) is 0 Å². The van der Waals surface area contributed by atoms with Crippen molar-refractivity contribution in [2.24, 2.45) is 10.9 Å². The van der Waals surface area contributed by atoms with Crippen LogP contribution in [0.25, 0.3) is 0 Å². The van der Waals surface area contributed by atoms with Crippen LogP contribution in [0.5, 0.6) is 11.5 Å². The minimum absolute atomic E-state index is 0.0682. The summed E-state index contributed by atoms with van der Waals surface area (Å²) in [6.45, 7) is -0.0682. The fourth-order valence-corrected chi connectivity index (χ4v) is 2.56. The second-order valence-electron chi connectivity index (χ2n) is 5.62. The van der Waals surface area contributed by atoms with Gasteiger partial charge in [0.25, 0.3) is 5.91 Å². The van der Waals surface area contributed by atoms with E-state index < -0.39 is 23.1 Å². The molecule has 1 unspecified atom stereocenters. The van der Waals surface area contributed by atoms with Gasteiger partial charge in [0, 0.05) is 6.42 Å². The van der Waals surface area contributed by atoms with Gasteiger partial charge in [0.15, 0.2) is 17.7 Å². The maximum atomic E-state index is 14.1. The molecule has 0 spiro atoms. The molecule has 0 fully saturated rings. The lowest BCUT2D eigenvalue weighted by Crippen LogP contribution is -2.17. The molecule has 0 aromatic heterocycles. The van der Waals surface area contributed by atoms with E-state index in [1.807, 2.05) is 24.3 Å². The molecule has 2 N–H and O–H groups in total. The lowest BCUT2D eigenvalue weighted by molar-refractivity contribution is 0.0855. The molecule has 0 radical (unpaired) electrons. The van der Waals surface area contributed by atoms with Gasteiger partial charge >= 0.3 is 0 Å². The van der Waals surface area contributed by atoms with Crippen LogP contribution in [0.4, 0.5) is 8.78 Å². The van der Waals surface area contributed by atoms with E-state index in [-0.39, 0.29) is 18.5 Å². The Morgan fingerprint density at radius 1 is 1.35 bits per heavy atom. The number of oxime groups is 1. The lowest BCUT2D eigenvalue weighted by atomic mass is 10.0. The Labute approximate surface area is 148 Å². The molecule has 1 atom stereocenters. The summed E-state index contributed by atoms with van der Waals surface area (Å²) in [6.07, 6.45) is 0.140. The third-order valence-electron chi connectivity index (χ3n) is 3.89. The van der Waals surface area contributed by atoms with Gasteiger partial charge in [-0.1, -0.05) is 17.3 Å². The molecule has 26 heavy (non-hydrogen) atoms. The molecule has 2 aromatic rings. The number of carbonyl (C=O) groups excluding carboxylic acids is 1. The average molecular weight is 362 g/mol. The summed E-state index contributed by atoms with van der Waals surface area (Å²) in [7, 11) is 1.57. The molecule has 136 valence electrons. The lowest BCUT2D eigenvalue weighted by Gasteiger charge is -2.10. The first-order valence-electron chi connectivity index (χ1n) is 7.75. The average Bonchev–Trinajstić information content (AvgIpc) is 3.10. The highest BCUT2D eigenvalue weighted by Crippen LogP contribution is 2.30. The van der Waals surface area contributed by atoms with Crippen molar-refractivity contribution in [3.8, 4) is 11.5 Å². The number of hydrogen-bond donors (Lipinski definition) is 1. The maximum Gasteiger partial charge on any atom is 0.254 e. The van der Waals surface area contributed by atoms with E-state index in [0.29, 0.717) is 17.9 Å². The molecular weight excluding hydrogens is 346 g/mol.